The van der Waals surface area contributed by atoms with E-state index in [1.165, 1.54) is 50.0 Å². The Morgan fingerprint density at radius 1 is 1.17 bits per heavy atom. The Morgan fingerprint density at radius 2 is 1.89 bits per heavy atom. The van der Waals surface area contributed by atoms with Gasteiger partial charge in [0.15, 0.2) is 0 Å². The van der Waals surface area contributed by atoms with Gasteiger partial charge in [-0.15, -0.1) is 0 Å². The van der Waals surface area contributed by atoms with E-state index in [1.54, 1.807) is 0 Å². The summed E-state index contributed by atoms with van der Waals surface area (Å²) in [6, 6.07) is 9.21. The third-order valence-corrected chi connectivity index (χ3v) is 3.88. The first-order chi connectivity index (χ1) is 8.75. The predicted octanol–water partition coefficient (Wildman–Crippen LogP) is 2.96. The van der Waals surface area contributed by atoms with E-state index in [4.69, 9.17) is 0 Å². The van der Waals surface area contributed by atoms with Gasteiger partial charge in [-0.05, 0) is 50.9 Å². The van der Waals surface area contributed by atoms with Crippen molar-refractivity contribution >= 4 is 0 Å². The van der Waals surface area contributed by atoms with Crippen molar-refractivity contribution in [1.82, 2.24) is 10.2 Å². The highest BCUT2D eigenvalue weighted by Gasteiger charge is 2.12. The van der Waals surface area contributed by atoms with E-state index in [9.17, 15) is 0 Å². The summed E-state index contributed by atoms with van der Waals surface area (Å²) in [5.41, 5.74) is 2.80. The number of likely N-dealkylation sites (tertiary alicyclic amines) is 1. The molecule has 0 spiro atoms. The van der Waals surface area contributed by atoms with Crippen molar-refractivity contribution in [2.75, 3.05) is 19.6 Å². The molecule has 2 heteroatoms. The number of hydrogen-bond donors (Lipinski definition) is 1. The van der Waals surface area contributed by atoms with E-state index >= 15 is 0 Å². The standard InChI is InChI=1S/C16H26N2/c1-14-8-4-5-9-16(14)12-17-15(2)13-18-10-6-3-7-11-18/h4-5,8-9,15,17H,3,6-7,10-13H2,1-2H3. The van der Waals surface area contributed by atoms with Gasteiger partial charge in [0, 0.05) is 19.1 Å². The molecule has 100 valence electrons. The smallest absolute Gasteiger partial charge is 0.0211 e. The second kappa shape index (κ2) is 6.91. The molecular weight excluding hydrogens is 220 g/mol. The lowest BCUT2D eigenvalue weighted by Gasteiger charge is -2.29. The van der Waals surface area contributed by atoms with Gasteiger partial charge >= 0.3 is 0 Å². The Bertz CT molecular complexity index is 356. The van der Waals surface area contributed by atoms with E-state index in [-0.39, 0.29) is 0 Å². The third-order valence-electron chi connectivity index (χ3n) is 3.88. The summed E-state index contributed by atoms with van der Waals surface area (Å²) in [7, 11) is 0. The molecule has 1 atom stereocenters. The molecule has 2 nitrogen and oxygen atoms in total. The first-order valence-electron chi connectivity index (χ1n) is 7.26. The molecule has 1 aliphatic rings. The van der Waals surface area contributed by atoms with Crippen LogP contribution in [0.2, 0.25) is 0 Å². The van der Waals surface area contributed by atoms with E-state index in [0.29, 0.717) is 6.04 Å². The van der Waals surface area contributed by atoms with Crippen LogP contribution in [0, 0.1) is 6.92 Å². The summed E-state index contributed by atoms with van der Waals surface area (Å²) in [6.07, 6.45) is 4.18. The Hall–Kier alpha value is -0.860. The topological polar surface area (TPSA) is 15.3 Å². The highest BCUT2D eigenvalue weighted by Crippen LogP contribution is 2.10. The number of nitrogens with zero attached hydrogens (tertiary/aromatic N) is 1. The molecular formula is C16H26N2. The molecule has 0 radical (unpaired) electrons. The molecule has 1 unspecified atom stereocenters. The summed E-state index contributed by atoms with van der Waals surface area (Å²) >= 11 is 0. The minimum Gasteiger partial charge on any atom is -0.309 e. The fraction of sp³-hybridized carbons (Fsp3) is 0.625. The van der Waals surface area contributed by atoms with Gasteiger partial charge < -0.3 is 10.2 Å². The number of piperidine rings is 1. The van der Waals surface area contributed by atoms with E-state index in [0.717, 1.165) is 6.54 Å². The summed E-state index contributed by atoms with van der Waals surface area (Å²) in [6.45, 7) is 9.24. The largest absolute Gasteiger partial charge is 0.309 e. The maximum atomic E-state index is 3.65. The Kier molecular flexibility index (Phi) is 5.21. The van der Waals surface area contributed by atoms with Crippen molar-refractivity contribution in [3.05, 3.63) is 35.4 Å². The summed E-state index contributed by atoms with van der Waals surface area (Å²) in [4.78, 5) is 2.60. The maximum absolute atomic E-state index is 3.65. The Morgan fingerprint density at radius 3 is 2.61 bits per heavy atom. The zero-order chi connectivity index (χ0) is 12.8. The zero-order valence-electron chi connectivity index (χ0n) is 11.8. The van der Waals surface area contributed by atoms with Crippen LogP contribution in [0.5, 0.6) is 0 Å². The average molecular weight is 246 g/mol. The molecule has 1 heterocycles. The Labute approximate surface area is 111 Å². The fourth-order valence-corrected chi connectivity index (χ4v) is 2.69. The second-order valence-corrected chi connectivity index (χ2v) is 5.57. The highest BCUT2D eigenvalue weighted by atomic mass is 15.1. The second-order valence-electron chi connectivity index (χ2n) is 5.57. The zero-order valence-corrected chi connectivity index (χ0v) is 11.8. The van der Waals surface area contributed by atoms with Crippen molar-refractivity contribution in [2.45, 2.75) is 45.7 Å². The SMILES string of the molecule is Cc1ccccc1CNC(C)CN1CCCCC1. The van der Waals surface area contributed by atoms with Crippen LogP contribution in [0.4, 0.5) is 0 Å². The van der Waals surface area contributed by atoms with Crippen LogP contribution in [-0.4, -0.2) is 30.6 Å². The molecule has 1 aliphatic heterocycles. The van der Waals surface area contributed by atoms with E-state index in [2.05, 4.69) is 48.3 Å². The van der Waals surface area contributed by atoms with Crippen LogP contribution < -0.4 is 5.32 Å². The monoisotopic (exact) mass is 246 g/mol. The van der Waals surface area contributed by atoms with Gasteiger partial charge in [0.05, 0.1) is 0 Å². The third kappa shape index (κ3) is 4.11. The van der Waals surface area contributed by atoms with Crippen LogP contribution in [0.1, 0.15) is 37.3 Å². The molecule has 1 saturated heterocycles. The quantitative estimate of drug-likeness (QED) is 0.859. The molecule has 0 aliphatic carbocycles. The van der Waals surface area contributed by atoms with Crippen molar-refractivity contribution in [2.24, 2.45) is 0 Å². The van der Waals surface area contributed by atoms with Gasteiger partial charge in [0.2, 0.25) is 0 Å². The molecule has 0 bridgehead atoms. The van der Waals surface area contributed by atoms with Crippen LogP contribution in [-0.2, 0) is 6.54 Å². The number of aryl methyl sites for hydroxylation is 1. The lowest BCUT2D eigenvalue weighted by Crippen LogP contribution is -2.41. The summed E-state index contributed by atoms with van der Waals surface area (Å²) in [5.74, 6) is 0. The molecule has 0 aromatic heterocycles. The van der Waals surface area contributed by atoms with Crippen molar-refractivity contribution in [1.29, 1.82) is 0 Å². The lowest BCUT2D eigenvalue weighted by molar-refractivity contribution is 0.209. The molecule has 1 fully saturated rings. The van der Waals surface area contributed by atoms with E-state index < -0.39 is 0 Å². The van der Waals surface area contributed by atoms with Gasteiger partial charge in [-0.3, -0.25) is 0 Å². The molecule has 0 amide bonds. The number of nitrogens with one attached hydrogen (secondary N) is 1. The number of rotatable bonds is 5. The van der Waals surface area contributed by atoms with Crippen LogP contribution in [0.15, 0.2) is 24.3 Å². The minimum absolute atomic E-state index is 0.572. The molecule has 2 rings (SSSR count). The minimum atomic E-state index is 0.572. The molecule has 1 aromatic rings. The summed E-state index contributed by atoms with van der Waals surface area (Å²) < 4.78 is 0. The lowest BCUT2D eigenvalue weighted by atomic mass is 10.1. The van der Waals surface area contributed by atoms with Gasteiger partial charge in [-0.1, -0.05) is 30.7 Å². The summed E-state index contributed by atoms with van der Waals surface area (Å²) in [5, 5.41) is 3.65. The molecule has 18 heavy (non-hydrogen) atoms. The van der Waals surface area contributed by atoms with E-state index in [1.807, 2.05) is 0 Å². The number of hydrogen-bond acceptors (Lipinski definition) is 2. The van der Waals surface area contributed by atoms with Gasteiger partial charge in [0.25, 0.3) is 0 Å². The first kappa shape index (κ1) is 13.6. The van der Waals surface area contributed by atoms with Crippen LogP contribution in [0.3, 0.4) is 0 Å². The van der Waals surface area contributed by atoms with Gasteiger partial charge in [0.1, 0.15) is 0 Å². The van der Waals surface area contributed by atoms with Gasteiger partial charge in [-0.25, -0.2) is 0 Å². The highest BCUT2D eigenvalue weighted by molar-refractivity contribution is 5.25. The van der Waals surface area contributed by atoms with Crippen LogP contribution >= 0.6 is 0 Å². The Balaban J connectivity index is 1.74. The van der Waals surface area contributed by atoms with Crippen molar-refractivity contribution in [3.63, 3.8) is 0 Å². The average Bonchev–Trinajstić information content (AvgIpc) is 2.39. The molecule has 1 N–H and O–H groups in total. The molecule has 0 saturated carbocycles. The van der Waals surface area contributed by atoms with Gasteiger partial charge in [-0.2, -0.15) is 0 Å². The van der Waals surface area contributed by atoms with Crippen LogP contribution in [0.25, 0.3) is 0 Å². The van der Waals surface area contributed by atoms with Crippen molar-refractivity contribution < 1.29 is 0 Å². The molecule has 1 aromatic carbocycles. The number of benzene rings is 1. The fourth-order valence-electron chi connectivity index (χ4n) is 2.69. The maximum Gasteiger partial charge on any atom is 0.0211 e. The normalized spacial score (nSPS) is 18.8. The predicted molar refractivity (Wildman–Crippen MR) is 77.8 cm³/mol. The van der Waals surface area contributed by atoms with Crippen molar-refractivity contribution in [3.8, 4) is 0 Å². The first-order valence-corrected chi connectivity index (χ1v) is 7.26.